The third kappa shape index (κ3) is 11.6. The minimum absolute atomic E-state index is 0.0358. The summed E-state index contributed by atoms with van der Waals surface area (Å²) in [4.78, 5) is 0. The van der Waals surface area contributed by atoms with E-state index in [1.807, 2.05) is 6.07 Å². The van der Waals surface area contributed by atoms with Gasteiger partial charge in [-0.05, 0) is 101 Å². The number of ether oxygens (including phenoxy) is 5. The van der Waals surface area contributed by atoms with Gasteiger partial charge in [-0.15, -0.1) is 0 Å². The maximum Gasteiger partial charge on any atom is 0.157 e. The maximum absolute atomic E-state index is 10.3. The molecule has 252 valence electrons. The van der Waals surface area contributed by atoms with Crippen molar-refractivity contribution in [3.8, 4) is 0 Å². The zero-order valence-corrected chi connectivity index (χ0v) is 27.7. The average Bonchev–Trinajstić information content (AvgIpc) is 3.63. The van der Waals surface area contributed by atoms with Crippen LogP contribution in [0.15, 0.2) is 54.1 Å². The molecule has 5 unspecified atom stereocenters. The normalized spacial score (nSPS) is 29.2. The second kappa shape index (κ2) is 20.0. The highest BCUT2D eigenvalue weighted by Crippen LogP contribution is 2.50. The van der Waals surface area contributed by atoms with Gasteiger partial charge in [0.1, 0.15) is 0 Å². The van der Waals surface area contributed by atoms with E-state index in [1.165, 1.54) is 49.7 Å². The molecule has 6 heteroatoms. The zero-order valence-electron chi connectivity index (χ0n) is 27.7. The summed E-state index contributed by atoms with van der Waals surface area (Å²) in [5.41, 5.74) is 2.70. The second-order valence-corrected chi connectivity index (χ2v) is 13.8. The first-order valence-corrected chi connectivity index (χ1v) is 18.4. The van der Waals surface area contributed by atoms with Crippen molar-refractivity contribution < 1.29 is 28.8 Å². The van der Waals surface area contributed by atoms with Gasteiger partial charge in [0.15, 0.2) is 12.6 Å². The van der Waals surface area contributed by atoms with Crippen molar-refractivity contribution in [2.24, 2.45) is 23.7 Å². The lowest BCUT2D eigenvalue weighted by Gasteiger charge is -2.29. The fourth-order valence-electron chi connectivity index (χ4n) is 7.76. The van der Waals surface area contributed by atoms with Crippen molar-refractivity contribution in [2.75, 3.05) is 33.0 Å². The smallest absolute Gasteiger partial charge is 0.157 e. The van der Waals surface area contributed by atoms with E-state index in [9.17, 15) is 5.11 Å². The van der Waals surface area contributed by atoms with Crippen LogP contribution in [0.3, 0.4) is 0 Å². The van der Waals surface area contributed by atoms with Crippen LogP contribution in [0, 0.1) is 23.7 Å². The summed E-state index contributed by atoms with van der Waals surface area (Å²) in [7, 11) is 0. The van der Waals surface area contributed by atoms with Crippen LogP contribution in [-0.4, -0.2) is 56.8 Å². The molecule has 0 bridgehead atoms. The number of hydrogen-bond donors (Lipinski definition) is 1. The Bertz CT molecular complexity index is 983. The van der Waals surface area contributed by atoms with E-state index in [0.717, 1.165) is 90.6 Å². The first-order chi connectivity index (χ1) is 22.3. The highest BCUT2D eigenvalue weighted by Gasteiger charge is 2.46. The zero-order chi connectivity index (χ0) is 30.9. The fraction of sp³-hybridized carbons (Fsp3) is 0.744. The quantitative estimate of drug-likeness (QED) is 0.116. The number of aliphatic hydroxyl groups is 1. The molecule has 0 aromatic heterocycles. The van der Waals surface area contributed by atoms with Gasteiger partial charge in [-0.2, -0.15) is 0 Å². The molecule has 6 nitrogen and oxygen atoms in total. The highest BCUT2D eigenvalue weighted by molar-refractivity contribution is 5.23. The average molecular weight is 625 g/mol. The summed E-state index contributed by atoms with van der Waals surface area (Å²) in [6.45, 7) is 4.18. The Hall–Kier alpha value is -1.54. The number of aliphatic hydroxyl groups excluding tert-OH is 1. The lowest BCUT2D eigenvalue weighted by Crippen LogP contribution is -2.30. The molecule has 1 N–H and O–H groups in total. The third-order valence-corrected chi connectivity index (χ3v) is 10.3. The summed E-state index contributed by atoms with van der Waals surface area (Å²) in [6, 6.07) is 10.4. The van der Waals surface area contributed by atoms with Crippen molar-refractivity contribution >= 4 is 0 Å². The fourth-order valence-corrected chi connectivity index (χ4v) is 7.76. The summed E-state index contributed by atoms with van der Waals surface area (Å²) >= 11 is 0. The maximum atomic E-state index is 10.3. The molecule has 2 heterocycles. The highest BCUT2D eigenvalue weighted by atomic mass is 16.7. The molecule has 1 saturated carbocycles. The van der Waals surface area contributed by atoms with Crippen LogP contribution in [0.25, 0.3) is 0 Å². The molecule has 2 aliphatic carbocycles. The summed E-state index contributed by atoms with van der Waals surface area (Å²) < 4.78 is 30.1. The van der Waals surface area contributed by atoms with Gasteiger partial charge in [-0.3, -0.25) is 0 Å². The molecule has 45 heavy (non-hydrogen) atoms. The van der Waals surface area contributed by atoms with Crippen molar-refractivity contribution in [3.05, 3.63) is 59.7 Å². The topological polar surface area (TPSA) is 66.4 Å². The number of rotatable bonds is 20. The molecule has 7 atom stereocenters. The van der Waals surface area contributed by atoms with Crippen LogP contribution in [0.1, 0.15) is 108 Å². The molecular weight excluding hydrogens is 564 g/mol. The largest absolute Gasteiger partial charge is 0.396 e. The minimum atomic E-state index is -0.0440. The first kappa shape index (κ1) is 34.8. The predicted molar refractivity (Wildman–Crippen MR) is 179 cm³/mol. The number of allylic oxidation sites excluding steroid dienone is 2. The van der Waals surface area contributed by atoms with Gasteiger partial charge < -0.3 is 28.8 Å². The van der Waals surface area contributed by atoms with E-state index in [1.54, 1.807) is 0 Å². The van der Waals surface area contributed by atoms with Crippen molar-refractivity contribution in [3.63, 3.8) is 0 Å². The molecule has 2 aliphatic heterocycles. The van der Waals surface area contributed by atoms with Crippen molar-refractivity contribution in [2.45, 2.75) is 128 Å². The molecule has 0 radical (unpaired) electrons. The Balaban J connectivity index is 1.05. The van der Waals surface area contributed by atoms with Crippen LogP contribution >= 0.6 is 0 Å². The lowest BCUT2D eigenvalue weighted by atomic mass is 9.91. The van der Waals surface area contributed by atoms with Gasteiger partial charge in [-0.25, -0.2) is 0 Å². The van der Waals surface area contributed by atoms with E-state index in [-0.39, 0.29) is 31.2 Å². The molecule has 1 aromatic carbocycles. The molecule has 0 spiro atoms. The minimum Gasteiger partial charge on any atom is -0.396 e. The van der Waals surface area contributed by atoms with Crippen LogP contribution < -0.4 is 0 Å². The van der Waals surface area contributed by atoms with E-state index < -0.39 is 0 Å². The third-order valence-electron chi connectivity index (χ3n) is 10.3. The van der Waals surface area contributed by atoms with Gasteiger partial charge in [-0.1, -0.05) is 73.4 Å². The van der Waals surface area contributed by atoms with Crippen molar-refractivity contribution in [1.29, 1.82) is 0 Å². The van der Waals surface area contributed by atoms with Crippen molar-refractivity contribution in [1.82, 2.24) is 0 Å². The second-order valence-electron chi connectivity index (χ2n) is 13.8. The Labute approximate surface area is 272 Å². The summed E-state index contributed by atoms with van der Waals surface area (Å²) in [5, 5.41) is 10.3. The number of unbranched alkanes of at least 4 members (excludes halogenated alkanes) is 5. The monoisotopic (exact) mass is 624 g/mol. The summed E-state index contributed by atoms with van der Waals surface area (Å²) in [6.07, 6.45) is 25.7. The number of fused-ring (bicyclic) bond motifs is 1. The van der Waals surface area contributed by atoms with Crippen LogP contribution in [0.2, 0.25) is 0 Å². The molecule has 5 rings (SSSR count). The molecule has 3 fully saturated rings. The Morgan fingerprint density at radius 3 is 2.42 bits per heavy atom. The van der Waals surface area contributed by atoms with Gasteiger partial charge in [0.2, 0.25) is 0 Å². The van der Waals surface area contributed by atoms with E-state index in [4.69, 9.17) is 23.7 Å². The first-order valence-electron chi connectivity index (χ1n) is 18.4. The standard InChI is InChI=1S/C39H60O6/c40-29-32(18-9-13-22-41-30-31-16-6-5-7-17-31)33-26-34-28-37(45-39-21-11-15-25-44-39)35(36(34)27-33)19-8-3-1-2-4-12-23-42-38-20-10-14-24-43-38/h5-8,16-17,19,27,32,34-40H,1-4,9-15,18,20-26,28-30H2/t32?,34?,35-,36?,37-,38?,39?/m1/s1. The number of benzene rings is 1. The van der Waals surface area contributed by atoms with E-state index >= 15 is 0 Å². The van der Waals surface area contributed by atoms with Gasteiger partial charge >= 0.3 is 0 Å². The Morgan fingerprint density at radius 2 is 1.64 bits per heavy atom. The lowest BCUT2D eigenvalue weighted by molar-refractivity contribution is -0.192. The van der Waals surface area contributed by atoms with Crippen LogP contribution in [-0.2, 0) is 30.3 Å². The molecule has 1 aromatic rings. The van der Waals surface area contributed by atoms with E-state index in [2.05, 4.69) is 42.5 Å². The van der Waals surface area contributed by atoms with Gasteiger partial charge in [0.05, 0.1) is 12.7 Å². The van der Waals surface area contributed by atoms with Crippen LogP contribution in [0.4, 0.5) is 0 Å². The molecule has 4 aliphatic rings. The Morgan fingerprint density at radius 1 is 0.867 bits per heavy atom. The van der Waals surface area contributed by atoms with E-state index in [0.29, 0.717) is 24.4 Å². The molecule has 2 saturated heterocycles. The Kier molecular flexibility index (Phi) is 15.4. The number of hydrogen-bond acceptors (Lipinski definition) is 6. The van der Waals surface area contributed by atoms with Gasteiger partial charge in [0, 0.05) is 44.9 Å². The molecule has 0 amide bonds. The summed E-state index contributed by atoms with van der Waals surface area (Å²) in [5.74, 6) is 1.78. The predicted octanol–water partition coefficient (Wildman–Crippen LogP) is 8.53. The van der Waals surface area contributed by atoms with Crippen LogP contribution in [0.5, 0.6) is 0 Å². The molecular formula is C39H60O6. The SMILES string of the molecule is OCC(CCCCOCc1ccccc1)C1=CC2C(C1)C[C@@H](OC1CCCCO1)[C@@H]2C=CCCCCCCOC1CCCCO1. The van der Waals surface area contributed by atoms with Gasteiger partial charge in [0.25, 0.3) is 0 Å².